The van der Waals surface area contributed by atoms with E-state index in [1.807, 2.05) is 0 Å². The molecule has 0 rings (SSSR count). The number of urea groups is 1. The molecule has 0 aromatic heterocycles. The Kier molecular flexibility index (Phi) is 3.57. The molecule has 0 radical (unpaired) electrons. The Morgan fingerprint density at radius 1 is 1.38 bits per heavy atom. The van der Waals surface area contributed by atoms with Crippen LogP contribution < -0.4 is 11.1 Å². The van der Waals surface area contributed by atoms with Crippen molar-refractivity contribution in [1.29, 1.82) is 0 Å². The lowest BCUT2D eigenvalue weighted by molar-refractivity contribution is -0.213. The van der Waals surface area contributed by atoms with Crippen LogP contribution in [-0.4, -0.2) is 18.8 Å². The number of rotatable bonds is 3. The lowest BCUT2D eigenvalue weighted by Gasteiger charge is -2.27. The summed E-state index contributed by atoms with van der Waals surface area (Å²) in [5.74, 6) is 0. The minimum absolute atomic E-state index is 0.0676. The van der Waals surface area contributed by atoms with Gasteiger partial charge in [-0.05, 0) is 6.42 Å². The highest BCUT2D eigenvalue weighted by molar-refractivity contribution is 5.71. The molecule has 0 aliphatic rings. The second kappa shape index (κ2) is 3.85. The molecule has 78 valence electrons. The maximum Gasteiger partial charge on any atom is 0.394 e. The molecule has 0 saturated heterocycles. The number of carbonyl (C=O) groups is 1. The zero-order valence-electron chi connectivity index (χ0n) is 7.53. The standard InChI is InChI=1S/C7H13F3N2O/c1-6(2,7(8,9)10)3-4-12-5(11)13/h3-4H2,1-2H3,(H3,11,12,13). The first-order valence-corrected chi connectivity index (χ1v) is 3.77. The van der Waals surface area contributed by atoms with Crippen molar-refractivity contribution < 1.29 is 18.0 Å². The van der Waals surface area contributed by atoms with E-state index in [4.69, 9.17) is 5.73 Å². The summed E-state index contributed by atoms with van der Waals surface area (Å²) in [5, 5.41) is 2.11. The molecule has 0 aliphatic carbocycles. The minimum atomic E-state index is -4.26. The van der Waals surface area contributed by atoms with Gasteiger partial charge in [0.2, 0.25) is 0 Å². The van der Waals surface area contributed by atoms with Crippen molar-refractivity contribution >= 4 is 6.03 Å². The van der Waals surface area contributed by atoms with Crippen molar-refractivity contribution in [3.05, 3.63) is 0 Å². The highest BCUT2D eigenvalue weighted by Crippen LogP contribution is 2.39. The maximum atomic E-state index is 12.2. The van der Waals surface area contributed by atoms with Crippen LogP contribution in [0.5, 0.6) is 0 Å². The number of amides is 2. The molecule has 6 heteroatoms. The number of hydrogen-bond donors (Lipinski definition) is 2. The van der Waals surface area contributed by atoms with Crippen LogP contribution in [0.4, 0.5) is 18.0 Å². The molecule has 0 fully saturated rings. The maximum absolute atomic E-state index is 12.2. The van der Waals surface area contributed by atoms with E-state index < -0.39 is 17.6 Å². The zero-order chi connectivity index (χ0) is 10.7. The molecule has 0 aromatic rings. The van der Waals surface area contributed by atoms with E-state index in [0.29, 0.717) is 0 Å². The number of nitrogens with one attached hydrogen (secondary N) is 1. The van der Waals surface area contributed by atoms with Crippen LogP contribution >= 0.6 is 0 Å². The van der Waals surface area contributed by atoms with Crippen molar-refractivity contribution in [2.24, 2.45) is 11.1 Å². The first kappa shape index (κ1) is 12.1. The lowest BCUT2D eigenvalue weighted by atomic mass is 9.89. The van der Waals surface area contributed by atoms with E-state index in [2.05, 4.69) is 5.32 Å². The van der Waals surface area contributed by atoms with Crippen molar-refractivity contribution in [1.82, 2.24) is 5.32 Å². The average Bonchev–Trinajstić information content (AvgIpc) is 1.82. The third-order valence-electron chi connectivity index (χ3n) is 1.82. The van der Waals surface area contributed by atoms with Crippen molar-refractivity contribution in [3.8, 4) is 0 Å². The first-order chi connectivity index (χ1) is 5.67. The van der Waals surface area contributed by atoms with E-state index in [1.165, 1.54) is 0 Å². The fourth-order valence-electron chi connectivity index (χ4n) is 0.640. The molecule has 0 spiro atoms. The normalized spacial score (nSPS) is 12.7. The molecule has 0 atom stereocenters. The zero-order valence-corrected chi connectivity index (χ0v) is 7.53. The van der Waals surface area contributed by atoms with Gasteiger partial charge >= 0.3 is 12.2 Å². The molecule has 2 amide bonds. The van der Waals surface area contributed by atoms with E-state index >= 15 is 0 Å². The summed E-state index contributed by atoms with van der Waals surface area (Å²) in [6.45, 7) is 2.09. The van der Waals surface area contributed by atoms with Gasteiger partial charge in [0.05, 0.1) is 5.41 Å². The van der Waals surface area contributed by atoms with Gasteiger partial charge in [0.1, 0.15) is 0 Å². The van der Waals surface area contributed by atoms with Gasteiger partial charge in [0, 0.05) is 6.54 Å². The van der Waals surface area contributed by atoms with E-state index in [-0.39, 0.29) is 13.0 Å². The van der Waals surface area contributed by atoms with Crippen molar-refractivity contribution in [2.45, 2.75) is 26.4 Å². The summed E-state index contributed by atoms with van der Waals surface area (Å²) in [6.07, 6.45) is -4.44. The number of carbonyl (C=O) groups excluding carboxylic acids is 1. The molecule has 13 heavy (non-hydrogen) atoms. The molecule has 3 nitrogen and oxygen atoms in total. The van der Waals surface area contributed by atoms with Gasteiger partial charge in [-0.1, -0.05) is 13.8 Å². The highest BCUT2D eigenvalue weighted by atomic mass is 19.4. The largest absolute Gasteiger partial charge is 0.394 e. The SMILES string of the molecule is CC(C)(CCNC(N)=O)C(F)(F)F. The number of halogens is 3. The third kappa shape index (κ3) is 4.00. The lowest BCUT2D eigenvalue weighted by Crippen LogP contribution is -2.38. The van der Waals surface area contributed by atoms with Crippen LogP contribution in [0.2, 0.25) is 0 Å². The molecule has 0 unspecified atom stereocenters. The predicted molar refractivity (Wildman–Crippen MR) is 42.0 cm³/mol. The van der Waals surface area contributed by atoms with Crippen LogP contribution in [-0.2, 0) is 0 Å². The number of hydrogen-bond acceptors (Lipinski definition) is 1. The van der Waals surface area contributed by atoms with Gasteiger partial charge in [-0.2, -0.15) is 13.2 Å². The third-order valence-corrected chi connectivity index (χ3v) is 1.82. The van der Waals surface area contributed by atoms with Crippen LogP contribution in [0, 0.1) is 5.41 Å². The van der Waals surface area contributed by atoms with Crippen molar-refractivity contribution in [3.63, 3.8) is 0 Å². The molecule has 0 saturated carbocycles. The fourth-order valence-corrected chi connectivity index (χ4v) is 0.640. The average molecular weight is 198 g/mol. The van der Waals surface area contributed by atoms with Crippen LogP contribution in [0.1, 0.15) is 20.3 Å². The smallest absolute Gasteiger partial charge is 0.352 e. The van der Waals surface area contributed by atoms with Crippen molar-refractivity contribution in [2.75, 3.05) is 6.54 Å². The van der Waals surface area contributed by atoms with Gasteiger partial charge in [-0.25, -0.2) is 4.79 Å². The molecule has 0 bridgehead atoms. The Bertz CT molecular complexity index is 189. The Morgan fingerprint density at radius 3 is 2.15 bits per heavy atom. The number of nitrogens with two attached hydrogens (primary N) is 1. The second-order valence-electron chi connectivity index (χ2n) is 3.42. The van der Waals surface area contributed by atoms with Gasteiger partial charge in [0.15, 0.2) is 0 Å². The summed E-state index contributed by atoms with van der Waals surface area (Å²) < 4.78 is 36.6. The second-order valence-corrected chi connectivity index (χ2v) is 3.42. The summed E-state index contributed by atoms with van der Waals surface area (Å²) >= 11 is 0. The highest BCUT2D eigenvalue weighted by Gasteiger charge is 2.46. The summed E-state index contributed by atoms with van der Waals surface area (Å²) in [5.41, 5.74) is 2.90. The number of alkyl halides is 3. The Labute approximate surface area is 74.5 Å². The Balaban J connectivity index is 3.97. The quantitative estimate of drug-likeness (QED) is 0.711. The molecule has 3 N–H and O–H groups in total. The molecule has 0 aliphatic heterocycles. The van der Waals surface area contributed by atoms with Gasteiger partial charge in [-0.15, -0.1) is 0 Å². The van der Waals surface area contributed by atoms with E-state index in [1.54, 1.807) is 0 Å². The van der Waals surface area contributed by atoms with Crippen LogP contribution in [0.15, 0.2) is 0 Å². The Morgan fingerprint density at radius 2 is 1.85 bits per heavy atom. The molecule has 0 aromatic carbocycles. The van der Waals surface area contributed by atoms with Gasteiger partial charge in [0.25, 0.3) is 0 Å². The van der Waals surface area contributed by atoms with Gasteiger partial charge < -0.3 is 11.1 Å². The minimum Gasteiger partial charge on any atom is -0.352 e. The monoisotopic (exact) mass is 198 g/mol. The topological polar surface area (TPSA) is 55.1 Å². The summed E-state index contributed by atoms with van der Waals surface area (Å²) in [4.78, 5) is 10.2. The molecular weight excluding hydrogens is 185 g/mol. The molecular formula is C7H13F3N2O. The fraction of sp³-hybridized carbons (Fsp3) is 0.857. The van der Waals surface area contributed by atoms with E-state index in [9.17, 15) is 18.0 Å². The first-order valence-electron chi connectivity index (χ1n) is 3.77. The number of primary amides is 1. The molecule has 0 heterocycles. The van der Waals surface area contributed by atoms with E-state index in [0.717, 1.165) is 13.8 Å². The van der Waals surface area contributed by atoms with Gasteiger partial charge in [-0.3, -0.25) is 0 Å². The summed E-state index contributed by atoms with van der Waals surface area (Å²) in [6, 6.07) is -0.807. The predicted octanol–water partition coefficient (Wildman–Crippen LogP) is 1.63. The van der Waals surface area contributed by atoms with Crippen LogP contribution in [0.3, 0.4) is 0 Å². The Hall–Kier alpha value is -0.940. The van der Waals surface area contributed by atoms with Crippen LogP contribution in [0.25, 0.3) is 0 Å². The summed E-state index contributed by atoms with van der Waals surface area (Å²) in [7, 11) is 0.